The summed E-state index contributed by atoms with van der Waals surface area (Å²) in [6.07, 6.45) is 5.55. The zero-order valence-corrected chi connectivity index (χ0v) is 33.9. The maximum absolute atomic E-state index is 14.3. The quantitative estimate of drug-likeness (QED) is 0.155. The lowest BCUT2D eigenvalue weighted by Crippen LogP contribution is -2.47. The van der Waals surface area contributed by atoms with E-state index in [0.717, 1.165) is 56.8 Å². The molecule has 3 aliphatic heterocycles. The maximum Gasteiger partial charge on any atom is 0.332 e. The third kappa shape index (κ3) is 6.80. The number of likely N-dealkylation sites (tertiary alicyclic amines) is 1. The third-order valence-electron chi connectivity index (χ3n) is 11.6. The van der Waals surface area contributed by atoms with Gasteiger partial charge in [0.05, 0.1) is 37.5 Å². The molecule has 1 amide bonds. The van der Waals surface area contributed by atoms with Crippen molar-refractivity contribution in [1.29, 1.82) is 0 Å². The van der Waals surface area contributed by atoms with Gasteiger partial charge in [-0.05, 0) is 73.4 Å². The van der Waals surface area contributed by atoms with Crippen molar-refractivity contribution >= 4 is 44.9 Å². The molecule has 2 saturated heterocycles. The van der Waals surface area contributed by atoms with Crippen LogP contribution in [0.2, 0.25) is 0 Å². The van der Waals surface area contributed by atoms with E-state index in [2.05, 4.69) is 17.1 Å². The Labute approximate surface area is 338 Å². The van der Waals surface area contributed by atoms with E-state index >= 15 is 0 Å². The molecule has 3 aromatic carbocycles. The summed E-state index contributed by atoms with van der Waals surface area (Å²) in [6.45, 7) is 3.62. The van der Waals surface area contributed by atoms with Crippen LogP contribution < -0.4 is 20.7 Å². The molecular weight excluding hydrogens is 757 g/mol. The van der Waals surface area contributed by atoms with Crippen LogP contribution in [0.4, 0.5) is 0 Å². The van der Waals surface area contributed by atoms with Gasteiger partial charge in [-0.25, -0.2) is 9.78 Å². The van der Waals surface area contributed by atoms with Crippen LogP contribution in [0.1, 0.15) is 71.0 Å². The third-order valence-corrected chi connectivity index (χ3v) is 13.8. The van der Waals surface area contributed by atoms with E-state index in [1.54, 1.807) is 17.9 Å². The van der Waals surface area contributed by atoms with Crippen LogP contribution in [-0.2, 0) is 13.6 Å². The molecule has 0 N–H and O–H groups in total. The van der Waals surface area contributed by atoms with Crippen LogP contribution >= 0.6 is 23.1 Å². The molecule has 3 aromatic heterocycles. The molecule has 0 radical (unpaired) electrons. The summed E-state index contributed by atoms with van der Waals surface area (Å²) < 4.78 is 17.2. The number of nitrogens with zero attached hydrogens (tertiary/aromatic N) is 6. The fourth-order valence-electron chi connectivity index (χ4n) is 8.51. The highest BCUT2D eigenvalue weighted by Crippen LogP contribution is 2.44. The Morgan fingerprint density at radius 3 is 2.46 bits per heavy atom. The fourth-order valence-corrected chi connectivity index (χ4v) is 10.8. The number of carbonyl (C=O) groups excluding carboxylic acids is 1. The highest BCUT2D eigenvalue weighted by molar-refractivity contribution is 7.99. The molecule has 9 rings (SSSR count). The summed E-state index contributed by atoms with van der Waals surface area (Å²) in [5, 5.41) is 0. The number of piperidine rings is 1. The fraction of sp³-hybridized carbons (Fsp3) is 0.341. The van der Waals surface area contributed by atoms with Gasteiger partial charge in [-0.2, -0.15) is 11.8 Å². The number of methoxy groups -OCH3 is 1. The van der Waals surface area contributed by atoms with Gasteiger partial charge in [-0.3, -0.25) is 23.7 Å². The number of imidazole rings is 1. The lowest BCUT2D eigenvalue weighted by Gasteiger charge is -2.35. The van der Waals surface area contributed by atoms with Gasteiger partial charge in [0.25, 0.3) is 11.5 Å². The summed E-state index contributed by atoms with van der Waals surface area (Å²) in [5.74, 6) is 4.50. The molecule has 13 heteroatoms. The molecule has 6 aromatic rings. The number of ether oxygens (including phenoxy) is 2. The molecule has 0 bridgehead atoms. The number of thiophene rings is 1. The number of rotatable bonds is 9. The van der Waals surface area contributed by atoms with Crippen molar-refractivity contribution in [2.45, 2.75) is 50.7 Å². The molecule has 0 unspecified atom stereocenters. The lowest BCUT2D eigenvalue weighted by molar-refractivity contribution is 0.0691. The van der Waals surface area contributed by atoms with Crippen LogP contribution in [0, 0.1) is 0 Å². The van der Waals surface area contributed by atoms with Crippen molar-refractivity contribution in [3.05, 3.63) is 134 Å². The first kappa shape index (κ1) is 37.2. The van der Waals surface area contributed by atoms with E-state index in [0.29, 0.717) is 60.0 Å². The molecule has 11 nitrogen and oxygen atoms in total. The van der Waals surface area contributed by atoms with E-state index in [-0.39, 0.29) is 35.8 Å². The molecule has 0 spiro atoms. The van der Waals surface area contributed by atoms with Crippen LogP contribution in [0.5, 0.6) is 11.5 Å². The Morgan fingerprint density at radius 2 is 1.74 bits per heavy atom. The van der Waals surface area contributed by atoms with Crippen molar-refractivity contribution < 1.29 is 14.3 Å². The van der Waals surface area contributed by atoms with Gasteiger partial charge < -0.3 is 18.9 Å². The van der Waals surface area contributed by atoms with Gasteiger partial charge in [-0.15, -0.1) is 11.3 Å². The minimum Gasteiger partial charge on any atom is -0.493 e. The van der Waals surface area contributed by atoms with Gasteiger partial charge in [0.2, 0.25) is 0 Å². The van der Waals surface area contributed by atoms with Crippen LogP contribution in [-0.4, -0.2) is 79.6 Å². The van der Waals surface area contributed by atoms with Crippen molar-refractivity contribution in [1.82, 2.24) is 23.6 Å². The standard InChI is InChI=1S/C44H44N6O5S2/c1-4-55-37-22-31-32(23-36(37)54-3)40(46-34-16-21-56-26-33(31)34)28-10-12-29(13-11-28)42(51)48-18-14-30(15-19-48)50-43(52)41-35(24-38(57-41)27-8-6-5-7-9-27)49(44(50)53)25-39-45-17-20-47(39)2/h5-13,17,20,22-24,30,33-34H,4,14-16,18-19,21,25-26H2,1-3H3/t33-,34-/m1/s1. The normalized spacial score (nSPS) is 18.2. The Kier molecular flexibility index (Phi) is 10.1. The number of benzene rings is 3. The van der Waals surface area contributed by atoms with E-state index in [1.807, 2.05) is 102 Å². The first-order chi connectivity index (χ1) is 27.8. The Hall–Kier alpha value is -5.40. The molecule has 292 valence electrons. The van der Waals surface area contributed by atoms with E-state index < -0.39 is 0 Å². The predicted octanol–water partition coefficient (Wildman–Crippen LogP) is 7.00. The van der Waals surface area contributed by atoms with Crippen LogP contribution in [0.25, 0.3) is 20.7 Å². The number of carbonyl (C=O) groups is 1. The van der Waals surface area contributed by atoms with Gasteiger partial charge >= 0.3 is 5.69 Å². The number of aryl methyl sites for hydroxylation is 1. The SMILES string of the molecule is CCOc1cc2c(cc1OC)C(c1ccc(C(=O)N3CCC(n4c(=O)c5sc(-c6ccccc6)cc5n(Cc5nccn5C)c4=O)CC3)cc1)=N[C@@H]1CCSC[C@H]21. The van der Waals surface area contributed by atoms with Gasteiger partial charge in [-0.1, -0.05) is 42.5 Å². The van der Waals surface area contributed by atoms with Gasteiger partial charge in [0.1, 0.15) is 10.5 Å². The van der Waals surface area contributed by atoms with Crippen molar-refractivity contribution in [3.63, 3.8) is 0 Å². The Balaban J connectivity index is 0.968. The van der Waals surface area contributed by atoms with Gasteiger partial charge in [0, 0.05) is 71.8 Å². The van der Waals surface area contributed by atoms with Crippen molar-refractivity contribution in [2.24, 2.45) is 12.0 Å². The highest BCUT2D eigenvalue weighted by atomic mass is 32.2. The molecular formula is C44H44N6O5S2. The van der Waals surface area contributed by atoms with E-state index in [4.69, 9.17) is 14.5 Å². The molecule has 57 heavy (non-hydrogen) atoms. The number of aliphatic imine (C=N–C) groups is 1. The summed E-state index contributed by atoms with van der Waals surface area (Å²) in [5.41, 5.74) is 5.71. The molecule has 2 fully saturated rings. The minimum atomic E-state index is -0.356. The van der Waals surface area contributed by atoms with Crippen molar-refractivity contribution in [3.8, 4) is 21.9 Å². The summed E-state index contributed by atoms with van der Waals surface area (Å²) in [7, 11) is 3.56. The largest absolute Gasteiger partial charge is 0.493 e. The van der Waals surface area contributed by atoms with Crippen LogP contribution in [0.3, 0.4) is 0 Å². The molecule has 2 atom stereocenters. The molecule has 0 aliphatic carbocycles. The summed E-state index contributed by atoms with van der Waals surface area (Å²) in [6, 6.07) is 23.6. The molecule has 0 saturated carbocycles. The van der Waals surface area contributed by atoms with E-state index in [9.17, 15) is 14.4 Å². The number of aromatic nitrogens is 4. The maximum atomic E-state index is 14.3. The number of hydrogen-bond donors (Lipinski definition) is 0. The second kappa shape index (κ2) is 15.5. The summed E-state index contributed by atoms with van der Waals surface area (Å²) in [4.78, 5) is 55.0. The minimum absolute atomic E-state index is 0.0703. The Morgan fingerprint density at radius 1 is 0.947 bits per heavy atom. The van der Waals surface area contributed by atoms with Crippen molar-refractivity contribution in [2.75, 3.05) is 38.3 Å². The van der Waals surface area contributed by atoms with E-state index in [1.165, 1.54) is 21.5 Å². The predicted molar refractivity (Wildman–Crippen MR) is 227 cm³/mol. The zero-order valence-electron chi connectivity index (χ0n) is 32.2. The Bertz CT molecular complexity index is 2620. The average molecular weight is 801 g/mol. The second-order valence-corrected chi connectivity index (χ2v) is 17.0. The smallest absolute Gasteiger partial charge is 0.332 e. The summed E-state index contributed by atoms with van der Waals surface area (Å²) >= 11 is 3.38. The highest BCUT2D eigenvalue weighted by Gasteiger charge is 2.35. The first-order valence-electron chi connectivity index (χ1n) is 19.5. The second-order valence-electron chi connectivity index (χ2n) is 14.8. The molecule has 3 aliphatic rings. The molecule has 6 heterocycles. The first-order valence-corrected chi connectivity index (χ1v) is 21.5. The van der Waals surface area contributed by atoms with Crippen LogP contribution in [0.15, 0.2) is 99.8 Å². The monoisotopic (exact) mass is 800 g/mol. The lowest BCUT2D eigenvalue weighted by atomic mass is 9.81. The van der Waals surface area contributed by atoms with Gasteiger partial charge in [0.15, 0.2) is 11.5 Å². The topological polar surface area (TPSA) is 113 Å². The zero-order chi connectivity index (χ0) is 39.2. The number of amides is 1. The number of thioether (sulfide) groups is 1. The number of hydrogen-bond acceptors (Lipinski definition) is 9. The average Bonchev–Trinajstić information content (AvgIpc) is 3.89. The number of fused-ring (bicyclic) bond motifs is 4.